The number of thiazole rings is 1. The highest BCUT2D eigenvalue weighted by Gasteiger charge is 2.23. The Labute approximate surface area is 186 Å². The molecule has 1 fully saturated rings. The van der Waals surface area contributed by atoms with Crippen LogP contribution in [0.5, 0.6) is 0 Å². The van der Waals surface area contributed by atoms with Crippen LogP contribution in [-0.4, -0.2) is 50.5 Å². The summed E-state index contributed by atoms with van der Waals surface area (Å²) < 4.78 is 34.1. The average Bonchev–Trinajstić information content (AvgIpc) is 3.46. The number of aromatic nitrogens is 1. The van der Waals surface area contributed by atoms with Crippen molar-refractivity contribution >= 4 is 37.5 Å². The Morgan fingerprint density at radius 1 is 1.26 bits per heavy atom. The fourth-order valence-corrected chi connectivity index (χ4v) is 5.61. The number of hydrogen-bond acceptors (Lipinski definition) is 6. The first-order chi connectivity index (χ1) is 14.8. The lowest BCUT2D eigenvalue weighted by Gasteiger charge is -2.23. The summed E-state index contributed by atoms with van der Waals surface area (Å²) in [5.41, 5.74) is 1.34. The van der Waals surface area contributed by atoms with E-state index in [0.29, 0.717) is 12.2 Å². The molecule has 1 amide bonds. The summed E-state index contributed by atoms with van der Waals surface area (Å²) >= 11 is 1.57. The van der Waals surface area contributed by atoms with Gasteiger partial charge in [-0.15, -0.1) is 11.3 Å². The number of para-hydroxylation sites is 1. The maximum absolute atomic E-state index is 13.0. The van der Waals surface area contributed by atoms with E-state index in [1.54, 1.807) is 35.4 Å². The van der Waals surface area contributed by atoms with Crippen molar-refractivity contribution in [2.75, 3.05) is 20.2 Å². The second kappa shape index (κ2) is 9.04. The molecule has 0 spiro atoms. The van der Waals surface area contributed by atoms with Crippen LogP contribution in [0.25, 0.3) is 10.2 Å². The quantitative estimate of drug-likeness (QED) is 0.583. The molecule has 3 aromatic rings. The molecule has 2 heterocycles. The SMILES string of the molecule is C[C@H](c1nc2ccccc2s1)N(C)C(=O)c1ccc(S(=O)(=O)NC[C@@H]2CCCO2)cc1. The second-order valence-corrected chi connectivity index (χ2v) is 10.5. The lowest BCUT2D eigenvalue weighted by atomic mass is 10.2. The third-order valence-electron chi connectivity index (χ3n) is 5.51. The minimum atomic E-state index is -3.65. The predicted molar refractivity (Wildman–Crippen MR) is 121 cm³/mol. The van der Waals surface area contributed by atoms with Crippen molar-refractivity contribution in [3.05, 3.63) is 59.1 Å². The number of carbonyl (C=O) groups excluding carboxylic acids is 1. The van der Waals surface area contributed by atoms with Crippen LogP contribution in [0.2, 0.25) is 0 Å². The Morgan fingerprint density at radius 2 is 2.00 bits per heavy atom. The topological polar surface area (TPSA) is 88.6 Å². The van der Waals surface area contributed by atoms with E-state index in [2.05, 4.69) is 9.71 Å². The summed E-state index contributed by atoms with van der Waals surface area (Å²) in [6, 6.07) is 13.7. The molecule has 2 aromatic carbocycles. The minimum Gasteiger partial charge on any atom is -0.377 e. The predicted octanol–water partition coefficient (Wildman–Crippen LogP) is 3.59. The summed E-state index contributed by atoms with van der Waals surface area (Å²) in [6.45, 7) is 2.86. The van der Waals surface area contributed by atoms with E-state index in [0.717, 1.165) is 28.1 Å². The van der Waals surface area contributed by atoms with E-state index in [-0.39, 0.29) is 29.5 Å². The number of nitrogens with one attached hydrogen (secondary N) is 1. The van der Waals surface area contributed by atoms with E-state index >= 15 is 0 Å². The molecule has 1 saturated heterocycles. The summed E-state index contributed by atoms with van der Waals surface area (Å²) in [5, 5.41) is 0.856. The monoisotopic (exact) mass is 459 g/mol. The molecular weight excluding hydrogens is 434 g/mol. The van der Waals surface area contributed by atoms with Crippen molar-refractivity contribution in [3.8, 4) is 0 Å². The smallest absolute Gasteiger partial charge is 0.254 e. The Kier molecular flexibility index (Phi) is 6.38. The van der Waals surface area contributed by atoms with Crippen LogP contribution in [0.15, 0.2) is 53.4 Å². The van der Waals surface area contributed by atoms with Gasteiger partial charge >= 0.3 is 0 Å². The largest absolute Gasteiger partial charge is 0.377 e. The zero-order chi connectivity index (χ0) is 22.0. The highest BCUT2D eigenvalue weighted by molar-refractivity contribution is 7.89. The molecule has 1 aliphatic heterocycles. The zero-order valence-corrected chi connectivity index (χ0v) is 19.1. The Morgan fingerprint density at radius 3 is 2.68 bits per heavy atom. The van der Waals surface area contributed by atoms with Crippen LogP contribution < -0.4 is 4.72 Å². The van der Waals surface area contributed by atoms with Crippen molar-refractivity contribution in [2.45, 2.75) is 36.8 Å². The highest BCUT2D eigenvalue weighted by Crippen LogP contribution is 2.29. The molecule has 1 aromatic heterocycles. The summed E-state index contributed by atoms with van der Waals surface area (Å²) in [6.07, 6.45) is 1.73. The molecular formula is C22H25N3O4S2. The van der Waals surface area contributed by atoms with Gasteiger partial charge in [-0.1, -0.05) is 12.1 Å². The normalized spacial score (nSPS) is 17.7. The third-order valence-corrected chi connectivity index (χ3v) is 8.15. The molecule has 0 unspecified atom stereocenters. The molecule has 7 nitrogen and oxygen atoms in total. The molecule has 2 atom stereocenters. The maximum atomic E-state index is 13.0. The molecule has 0 radical (unpaired) electrons. The molecule has 0 bridgehead atoms. The van der Waals surface area contributed by atoms with Gasteiger partial charge < -0.3 is 9.64 Å². The van der Waals surface area contributed by atoms with Crippen LogP contribution in [-0.2, 0) is 14.8 Å². The number of ether oxygens (including phenoxy) is 1. The molecule has 9 heteroatoms. The van der Waals surface area contributed by atoms with Crippen molar-refractivity contribution in [1.82, 2.24) is 14.6 Å². The van der Waals surface area contributed by atoms with Gasteiger partial charge in [-0.05, 0) is 56.2 Å². The van der Waals surface area contributed by atoms with Gasteiger partial charge in [-0.3, -0.25) is 4.79 Å². The van der Waals surface area contributed by atoms with Gasteiger partial charge in [-0.2, -0.15) is 0 Å². The number of fused-ring (bicyclic) bond motifs is 1. The standard InChI is InChI=1S/C22H25N3O4S2/c1-15(21-24-19-7-3-4-8-20(19)30-21)25(2)22(26)16-9-11-18(12-10-16)31(27,28)23-14-17-6-5-13-29-17/h3-4,7-12,15,17,23H,5-6,13-14H2,1-2H3/t15-,17+/m1/s1. The number of carbonyl (C=O) groups is 1. The molecule has 0 aliphatic carbocycles. The van der Waals surface area contributed by atoms with Gasteiger partial charge in [-0.25, -0.2) is 18.1 Å². The van der Waals surface area contributed by atoms with Crippen LogP contribution >= 0.6 is 11.3 Å². The summed E-state index contributed by atoms with van der Waals surface area (Å²) in [7, 11) is -1.92. The first kappa shape index (κ1) is 21.9. The molecule has 1 N–H and O–H groups in total. The zero-order valence-electron chi connectivity index (χ0n) is 17.4. The number of sulfonamides is 1. The second-order valence-electron chi connectivity index (χ2n) is 7.62. The van der Waals surface area contributed by atoms with Gasteiger partial charge in [0.25, 0.3) is 5.91 Å². The highest BCUT2D eigenvalue weighted by atomic mass is 32.2. The maximum Gasteiger partial charge on any atom is 0.254 e. The van der Waals surface area contributed by atoms with E-state index in [9.17, 15) is 13.2 Å². The Hall–Kier alpha value is -2.33. The minimum absolute atomic E-state index is 0.0757. The molecule has 164 valence electrons. The summed E-state index contributed by atoms with van der Waals surface area (Å²) in [4.78, 5) is 19.3. The first-order valence-electron chi connectivity index (χ1n) is 10.2. The van der Waals surface area contributed by atoms with E-state index in [4.69, 9.17) is 4.74 Å². The Bertz CT molecular complexity index is 1140. The number of hydrogen-bond donors (Lipinski definition) is 1. The van der Waals surface area contributed by atoms with Gasteiger partial charge in [0.05, 0.1) is 27.3 Å². The lowest BCUT2D eigenvalue weighted by Crippen LogP contribution is -2.32. The van der Waals surface area contributed by atoms with Crippen LogP contribution in [0.1, 0.15) is 41.2 Å². The van der Waals surface area contributed by atoms with Crippen molar-refractivity contribution < 1.29 is 17.9 Å². The first-order valence-corrected chi connectivity index (χ1v) is 12.5. The lowest BCUT2D eigenvalue weighted by molar-refractivity contribution is 0.0742. The summed E-state index contributed by atoms with van der Waals surface area (Å²) in [5.74, 6) is -0.192. The molecule has 1 aliphatic rings. The third kappa shape index (κ3) is 4.79. The van der Waals surface area contributed by atoms with Gasteiger partial charge in [0.2, 0.25) is 10.0 Å². The number of benzene rings is 2. The van der Waals surface area contributed by atoms with E-state index < -0.39 is 10.0 Å². The molecule has 4 rings (SSSR count). The molecule has 0 saturated carbocycles. The van der Waals surface area contributed by atoms with Gasteiger partial charge in [0.15, 0.2) is 0 Å². The average molecular weight is 460 g/mol. The van der Waals surface area contributed by atoms with Gasteiger partial charge in [0, 0.05) is 25.8 Å². The van der Waals surface area contributed by atoms with E-state index in [1.165, 1.54) is 12.1 Å². The number of rotatable bonds is 7. The van der Waals surface area contributed by atoms with Crippen LogP contribution in [0.4, 0.5) is 0 Å². The number of amides is 1. The molecule has 31 heavy (non-hydrogen) atoms. The number of nitrogens with zero attached hydrogens (tertiary/aromatic N) is 2. The van der Waals surface area contributed by atoms with Crippen LogP contribution in [0.3, 0.4) is 0 Å². The van der Waals surface area contributed by atoms with Crippen molar-refractivity contribution in [1.29, 1.82) is 0 Å². The van der Waals surface area contributed by atoms with Crippen LogP contribution in [0, 0.1) is 0 Å². The fraction of sp³-hybridized carbons (Fsp3) is 0.364. The fourth-order valence-electron chi connectivity index (χ4n) is 3.48. The van der Waals surface area contributed by atoms with E-state index in [1.807, 2.05) is 31.2 Å². The van der Waals surface area contributed by atoms with Gasteiger partial charge in [0.1, 0.15) is 5.01 Å². The van der Waals surface area contributed by atoms with Crippen molar-refractivity contribution in [3.63, 3.8) is 0 Å². The Balaban J connectivity index is 1.44. The van der Waals surface area contributed by atoms with Crippen molar-refractivity contribution in [2.24, 2.45) is 0 Å².